The van der Waals surface area contributed by atoms with E-state index < -0.39 is 0 Å². The number of rotatable bonds is 6. The molecule has 0 amide bonds. The largest absolute Gasteiger partial charge is 0.259 e. The van der Waals surface area contributed by atoms with Crippen molar-refractivity contribution in [1.82, 2.24) is 4.98 Å². The highest BCUT2D eigenvalue weighted by Crippen LogP contribution is 2.28. The molecule has 0 saturated heterocycles. The van der Waals surface area contributed by atoms with Gasteiger partial charge in [-0.1, -0.05) is 52.5 Å². The summed E-state index contributed by atoms with van der Waals surface area (Å²) in [6.45, 7) is 0. The van der Waals surface area contributed by atoms with Gasteiger partial charge in [0.1, 0.15) is 0 Å². The molecule has 1 heterocycles. The van der Waals surface area contributed by atoms with Gasteiger partial charge in [-0.3, -0.25) is 15.0 Å². The summed E-state index contributed by atoms with van der Waals surface area (Å²) in [6, 6.07) is 16.3. The Morgan fingerprint density at radius 1 is 0.679 bits per heavy atom. The number of hydrogen-bond donors (Lipinski definition) is 0. The highest BCUT2D eigenvalue weighted by atomic mass is 35.5. The first-order valence-corrected chi connectivity index (χ1v) is 9.92. The molecule has 0 aliphatic carbocycles. The summed E-state index contributed by atoms with van der Waals surface area (Å²) in [7, 11) is 0. The zero-order valence-electron chi connectivity index (χ0n) is 14.6. The van der Waals surface area contributed by atoms with Crippen LogP contribution in [0.15, 0.2) is 64.6 Å². The number of nitrogens with zero attached hydrogens (tertiary/aromatic N) is 3. The van der Waals surface area contributed by atoms with Crippen LogP contribution in [0.4, 0.5) is 11.4 Å². The van der Waals surface area contributed by atoms with Gasteiger partial charge in [-0.2, -0.15) is 0 Å². The van der Waals surface area contributed by atoms with Crippen molar-refractivity contribution < 1.29 is 0 Å². The molecule has 142 valence electrons. The van der Waals surface area contributed by atoms with E-state index in [0.29, 0.717) is 44.3 Å². The summed E-state index contributed by atoms with van der Waals surface area (Å²) in [5.74, 6) is 0. The molecule has 3 nitrogen and oxygen atoms in total. The Hall–Kier alpha value is -1.91. The molecular weight excluding hydrogens is 436 g/mol. The number of aliphatic imine (C=N–C) groups is 2. The maximum absolute atomic E-state index is 6.12. The molecule has 0 aliphatic heterocycles. The Kier molecular flexibility index (Phi) is 7.46. The van der Waals surface area contributed by atoms with E-state index in [2.05, 4.69) is 15.0 Å². The first-order chi connectivity index (χ1) is 13.5. The van der Waals surface area contributed by atoms with E-state index >= 15 is 0 Å². The molecule has 0 radical (unpaired) electrons. The van der Waals surface area contributed by atoms with Gasteiger partial charge in [-0.25, -0.2) is 0 Å². The zero-order chi connectivity index (χ0) is 19.9. The summed E-state index contributed by atoms with van der Waals surface area (Å²) < 4.78 is 0. The third kappa shape index (κ3) is 6.05. The van der Waals surface area contributed by atoms with Crippen LogP contribution in [-0.2, 0) is 12.8 Å². The topological polar surface area (TPSA) is 37.6 Å². The van der Waals surface area contributed by atoms with E-state index in [1.54, 1.807) is 48.8 Å². The number of pyridine rings is 1. The second kappa shape index (κ2) is 10.0. The first-order valence-electron chi connectivity index (χ1n) is 8.41. The van der Waals surface area contributed by atoms with Crippen molar-refractivity contribution in [2.24, 2.45) is 9.98 Å². The fourth-order valence-electron chi connectivity index (χ4n) is 2.40. The second-order valence-corrected chi connectivity index (χ2v) is 7.53. The summed E-state index contributed by atoms with van der Waals surface area (Å²) in [5.41, 5.74) is 3.16. The minimum absolute atomic E-state index is 0.516. The van der Waals surface area contributed by atoms with Gasteiger partial charge in [-0.15, -0.1) is 0 Å². The molecule has 2 aromatic carbocycles. The van der Waals surface area contributed by atoms with E-state index in [9.17, 15) is 0 Å². The van der Waals surface area contributed by atoms with Gasteiger partial charge >= 0.3 is 0 Å². The van der Waals surface area contributed by atoms with E-state index in [0.717, 1.165) is 11.4 Å². The molecule has 0 fully saturated rings. The fraction of sp³-hybridized carbons (Fsp3) is 0.0952. The van der Waals surface area contributed by atoms with Gasteiger partial charge in [0.25, 0.3) is 0 Å². The van der Waals surface area contributed by atoms with Gasteiger partial charge in [0, 0.05) is 46.7 Å². The molecule has 0 spiro atoms. The monoisotopic (exact) mass is 449 g/mol. The van der Waals surface area contributed by atoms with Crippen molar-refractivity contribution in [2.45, 2.75) is 12.8 Å². The summed E-state index contributed by atoms with van der Waals surface area (Å²) in [4.78, 5) is 13.4. The Morgan fingerprint density at radius 2 is 1.14 bits per heavy atom. The second-order valence-electron chi connectivity index (χ2n) is 5.84. The molecule has 0 bridgehead atoms. The standard InChI is InChI=1S/C21H15Cl4N3/c22-14-4-6-20(18(24)12-14)26-10-8-16-2-1-3-17(28-16)9-11-27-21-7-5-15(23)13-19(21)25/h1-7,10-13H,8-9H2. The number of benzene rings is 2. The predicted octanol–water partition coefficient (Wildman–Crippen LogP) is 7.59. The molecular formula is C21H15Cl4N3. The van der Waals surface area contributed by atoms with Gasteiger partial charge in [0.15, 0.2) is 0 Å². The molecule has 0 aliphatic rings. The Labute approximate surface area is 183 Å². The summed E-state index contributed by atoms with van der Waals surface area (Å²) in [6.07, 6.45) is 4.74. The van der Waals surface area contributed by atoms with E-state index in [1.165, 1.54) is 0 Å². The molecule has 1 aromatic heterocycles. The molecule has 3 aromatic rings. The van der Waals surface area contributed by atoms with E-state index in [4.69, 9.17) is 46.4 Å². The average molecular weight is 451 g/mol. The van der Waals surface area contributed by atoms with Crippen LogP contribution < -0.4 is 0 Å². The maximum Gasteiger partial charge on any atom is 0.0813 e. The van der Waals surface area contributed by atoms with Crippen molar-refractivity contribution in [1.29, 1.82) is 0 Å². The molecule has 28 heavy (non-hydrogen) atoms. The van der Waals surface area contributed by atoms with Crippen molar-refractivity contribution in [3.8, 4) is 0 Å². The minimum Gasteiger partial charge on any atom is -0.259 e. The van der Waals surface area contributed by atoms with Crippen LogP contribution in [0.5, 0.6) is 0 Å². The smallest absolute Gasteiger partial charge is 0.0813 e. The molecule has 0 unspecified atom stereocenters. The minimum atomic E-state index is 0.516. The van der Waals surface area contributed by atoms with Crippen molar-refractivity contribution in [2.75, 3.05) is 0 Å². The van der Waals surface area contributed by atoms with Crippen LogP contribution in [-0.4, -0.2) is 17.4 Å². The number of aromatic nitrogens is 1. The summed E-state index contributed by atoms with van der Waals surface area (Å²) in [5, 5.41) is 2.20. The Morgan fingerprint density at radius 3 is 1.57 bits per heavy atom. The van der Waals surface area contributed by atoms with Crippen molar-refractivity contribution in [3.63, 3.8) is 0 Å². The van der Waals surface area contributed by atoms with Gasteiger partial charge in [-0.05, 0) is 48.5 Å². The molecule has 0 saturated carbocycles. The predicted molar refractivity (Wildman–Crippen MR) is 121 cm³/mol. The van der Waals surface area contributed by atoms with E-state index in [-0.39, 0.29) is 0 Å². The quantitative estimate of drug-likeness (QED) is 0.356. The number of hydrogen-bond acceptors (Lipinski definition) is 3. The van der Waals surface area contributed by atoms with Gasteiger partial charge in [0.05, 0.1) is 21.4 Å². The Balaban J connectivity index is 1.62. The zero-order valence-corrected chi connectivity index (χ0v) is 17.6. The van der Waals surface area contributed by atoms with E-state index in [1.807, 2.05) is 18.2 Å². The molecule has 7 heteroatoms. The average Bonchev–Trinajstić information content (AvgIpc) is 2.66. The summed E-state index contributed by atoms with van der Waals surface area (Å²) >= 11 is 24.0. The van der Waals surface area contributed by atoms with Crippen LogP contribution in [0.25, 0.3) is 0 Å². The molecule has 0 N–H and O–H groups in total. The number of halogens is 4. The highest BCUT2D eigenvalue weighted by molar-refractivity contribution is 6.36. The van der Waals surface area contributed by atoms with Crippen molar-refractivity contribution in [3.05, 3.63) is 86.1 Å². The third-order valence-electron chi connectivity index (χ3n) is 3.75. The van der Waals surface area contributed by atoms with Crippen LogP contribution in [0.2, 0.25) is 20.1 Å². The van der Waals surface area contributed by atoms with Crippen LogP contribution in [0.1, 0.15) is 11.4 Å². The lowest BCUT2D eigenvalue weighted by Gasteiger charge is -2.01. The van der Waals surface area contributed by atoms with Crippen LogP contribution in [0.3, 0.4) is 0 Å². The SMILES string of the molecule is Clc1ccc(N=CCc2cccc(CC=Nc3ccc(Cl)cc3Cl)n2)c(Cl)c1. The van der Waals surface area contributed by atoms with Crippen LogP contribution >= 0.6 is 46.4 Å². The highest BCUT2D eigenvalue weighted by Gasteiger charge is 2.01. The lowest BCUT2D eigenvalue weighted by Crippen LogP contribution is -1.97. The van der Waals surface area contributed by atoms with Crippen molar-refractivity contribution >= 4 is 70.2 Å². The fourth-order valence-corrected chi connectivity index (χ4v) is 3.32. The van der Waals surface area contributed by atoms with Gasteiger partial charge in [0.2, 0.25) is 0 Å². The first kappa shape index (κ1) is 20.8. The van der Waals surface area contributed by atoms with Crippen LogP contribution in [0, 0.1) is 0 Å². The lowest BCUT2D eigenvalue weighted by molar-refractivity contribution is 1.06. The van der Waals surface area contributed by atoms with Gasteiger partial charge < -0.3 is 0 Å². The lowest BCUT2D eigenvalue weighted by atomic mass is 10.2. The molecule has 3 rings (SSSR count). The Bertz CT molecular complexity index is 953. The maximum atomic E-state index is 6.12. The third-order valence-corrected chi connectivity index (χ3v) is 4.82. The normalized spacial score (nSPS) is 11.6. The molecule has 0 atom stereocenters.